The molecule has 0 unspecified atom stereocenters. The number of ether oxygens (including phenoxy) is 2. The van der Waals surface area contributed by atoms with E-state index < -0.39 is 0 Å². The standard InChI is InChI=1S/C37H41N3O2/c1-28-35-25-34(42-27-30-9-4-2-5-10-30)19-20-36(35)40(37(28)31-13-15-32(38)16-14-31)26-29-11-17-33(18-12-29)41-24-8-23-39-21-6-3-7-22-39/h2,4-5,9-20,25H,3,6-8,21-24,26-27,38H2,1H3. The van der Waals surface area contributed by atoms with Gasteiger partial charge in [-0.2, -0.15) is 0 Å². The zero-order valence-corrected chi connectivity index (χ0v) is 24.6. The van der Waals surface area contributed by atoms with Crippen LogP contribution in [-0.2, 0) is 13.2 Å². The van der Waals surface area contributed by atoms with Gasteiger partial charge in [0.25, 0.3) is 0 Å². The predicted octanol–water partition coefficient (Wildman–Crippen LogP) is 8.08. The maximum absolute atomic E-state index is 6.19. The first-order chi connectivity index (χ1) is 20.6. The third-order valence-corrected chi connectivity index (χ3v) is 8.32. The lowest BCUT2D eigenvalue weighted by molar-refractivity contribution is 0.205. The lowest BCUT2D eigenvalue weighted by atomic mass is 10.1. The molecule has 0 radical (unpaired) electrons. The van der Waals surface area contributed by atoms with Gasteiger partial charge in [-0.3, -0.25) is 0 Å². The highest BCUT2D eigenvalue weighted by atomic mass is 16.5. The third kappa shape index (κ3) is 6.63. The van der Waals surface area contributed by atoms with Crippen molar-refractivity contribution < 1.29 is 9.47 Å². The van der Waals surface area contributed by atoms with Crippen LogP contribution in [0.3, 0.4) is 0 Å². The van der Waals surface area contributed by atoms with Gasteiger partial charge in [0.15, 0.2) is 0 Å². The fourth-order valence-electron chi connectivity index (χ4n) is 6.04. The molecule has 1 aromatic heterocycles. The van der Waals surface area contributed by atoms with Crippen LogP contribution in [0.2, 0.25) is 0 Å². The number of nitrogens with two attached hydrogens (primary N) is 1. The van der Waals surface area contributed by atoms with E-state index in [2.05, 4.69) is 83.1 Å². The lowest BCUT2D eigenvalue weighted by Crippen LogP contribution is -2.31. The molecule has 2 N–H and O–H groups in total. The molecule has 1 aliphatic rings. The van der Waals surface area contributed by atoms with Gasteiger partial charge in [0.05, 0.1) is 12.3 Å². The Hall–Kier alpha value is -4.22. The lowest BCUT2D eigenvalue weighted by Gasteiger charge is -2.26. The Morgan fingerprint density at radius 3 is 2.24 bits per heavy atom. The molecule has 5 aromatic rings. The third-order valence-electron chi connectivity index (χ3n) is 8.32. The Morgan fingerprint density at radius 1 is 0.738 bits per heavy atom. The van der Waals surface area contributed by atoms with Gasteiger partial charge in [0, 0.05) is 29.7 Å². The van der Waals surface area contributed by atoms with Crippen molar-refractivity contribution in [2.75, 3.05) is 32.0 Å². The summed E-state index contributed by atoms with van der Waals surface area (Å²) in [5, 5.41) is 1.20. The zero-order chi connectivity index (χ0) is 28.7. The second-order valence-electron chi connectivity index (χ2n) is 11.4. The van der Waals surface area contributed by atoms with Crippen LogP contribution in [0.5, 0.6) is 11.5 Å². The Balaban J connectivity index is 1.20. The minimum Gasteiger partial charge on any atom is -0.494 e. The molecule has 0 spiro atoms. The highest BCUT2D eigenvalue weighted by Gasteiger charge is 2.17. The largest absolute Gasteiger partial charge is 0.494 e. The quantitative estimate of drug-likeness (QED) is 0.131. The van der Waals surface area contributed by atoms with Gasteiger partial charge in [0.2, 0.25) is 0 Å². The molecule has 1 aliphatic heterocycles. The molecule has 4 aromatic carbocycles. The molecule has 0 aliphatic carbocycles. The van der Waals surface area contributed by atoms with E-state index in [-0.39, 0.29) is 0 Å². The van der Waals surface area contributed by atoms with E-state index in [0.717, 1.165) is 54.4 Å². The maximum atomic E-state index is 6.19. The van der Waals surface area contributed by atoms with Gasteiger partial charge in [-0.25, -0.2) is 0 Å². The van der Waals surface area contributed by atoms with Crippen LogP contribution in [0, 0.1) is 6.92 Å². The maximum Gasteiger partial charge on any atom is 0.120 e. The Morgan fingerprint density at radius 2 is 1.48 bits per heavy atom. The van der Waals surface area contributed by atoms with Gasteiger partial charge in [-0.15, -0.1) is 0 Å². The summed E-state index contributed by atoms with van der Waals surface area (Å²) in [5.41, 5.74) is 14.0. The summed E-state index contributed by atoms with van der Waals surface area (Å²) in [7, 11) is 0. The van der Waals surface area contributed by atoms with Crippen molar-refractivity contribution in [1.29, 1.82) is 0 Å². The van der Waals surface area contributed by atoms with Gasteiger partial charge in [0.1, 0.15) is 18.1 Å². The van der Waals surface area contributed by atoms with Gasteiger partial charge in [-0.1, -0.05) is 61.0 Å². The molecular formula is C37H41N3O2. The van der Waals surface area contributed by atoms with Gasteiger partial charge >= 0.3 is 0 Å². The number of hydrogen-bond donors (Lipinski definition) is 1. The molecule has 1 saturated heterocycles. The van der Waals surface area contributed by atoms with Crippen LogP contribution < -0.4 is 15.2 Å². The summed E-state index contributed by atoms with van der Waals surface area (Å²) in [6.07, 6.45) is 5.12. The first-order valence-corrected chi connectivity index (χ1v) is 15.2. The number of likely N-dealkylation sites (tertiary alicyclic amines) is 1. The number of piperidine rings is 1. The van der Waals surface area contributed by atoms with E-state index in [0.29, 0.717) is 6.61 Å². The summed E-state index contributed by atoms with van der Waals surface area (Å²) in [5.74, 6) is 1.81. The molecule has 5 heteroatoms. The molecule has 6 rings (SSSR count). The zero-order valence-electron chi connectivity index (χ0n) is 24.6. The second kappa shape index (κ2) is 13.2. The highest BCUT2D eigenvalue weighted by molar-refractivity contribution is 5.92. The van der Waals surface area contributed by atoms with Crippen LogP contribution in [-0.4, -0.2) is 35.7 Å². The van der Waals surface area contributed by atoms with Crippen LogP contribution >= 0.6 is 0 Å². The summed E-state index contributed by atoms with van der Waals surface area (Å²) < 4.78 is 14.7. The van der Waals surface area contributed by atoms with E-state index in [9.17, 15) is 0 Å². The Bertz CT molecular complexity index is 1580. The molecular weight excluding hydrogens is 518 g/mol. The summed E-state index contributed by atoms with van der Waals surface area (Å²) in [4.78, 5) is 2.57. The van der Waals surface area contributed by atoms with E-state index in [1.54, 1.807) is 0 Å². The number of hydrogen-bond acceptors (Lipinski definition) is 4. The number of aromatic nitrogens is 1. The van der Waals surface area contributed by atoms with E-state index in [4.69, 9.17) is 15.2 Å². The highest BCUT2D eigenvalue weighted by Crippen LogP contribution is 2.36. The normalized spacial score (nSPS) is 13.8. The fraction of sp³-hybridized carbons (Fsp3) is 0.297. The van der Waals surface area contributed by atoms with Crippen molar-refractivity contribution in [3.05, 3.63) is 114 Å². The second-order valence-corrected chi connectivity index (χ2v) is 11.4. The van der Waals surface area contributed by atoms with E-state index >= 15 is 0 Å². The first-order valence-electron chi connectivity index (χ1n) is 15.2. The Kier molecular flexibility index (Phi) is 8.76. The molecule has 42 heavy (non-hydrogen) atoms. The summed E-state index contributed by atoms with van der Waals surface area (Å²) in [6.45, 7) is 7.86. The van der Waals surface area contributed by atoms with Crippen molar-refractivity contribution in [3.8, 4) is 22.8 Å². The number of nitrogens with zero attached hydrogens (tertiary/aromatic N) is 2. The molecule has 216 valence electrons. The van der Waals surface area contributed by atoms with Crippen molar-refractivity contribution >= 4 is 16.6 Å². The topological polar surface area (TPSA) is 52.7 Å². The molecule has 0 saturated carbocycles. The van der Waals surface area contributed by atoms with Crippen LogP contribution in [0.15, 0.2) is 97.1 Å². The predicted molar refractivity (Wildman–Crippen MR) is 173 cm³/mol. The number of anilines is 1. The molecule has 0 bridgehead atoms. The van der Waals surface area contributed by atoms with Gasteiger partial charge < -0.3 is 24.7 Å². The van der Waals surface area contributed by atoms with E-state index in [1.165, 1.54) is 60.1 Å². The molecule has 0 amide bonds. The molecule has 2 heterocycles. The minimum absolute atomic E-state index is 0.545. The van der Waals surface area contributed by atoms with Crippen LogP contribution in [0.25, 0.3) is 22.2 Å². The average molecular weight is 560 g/mol. The molecule has 1 fully saturated rings. The molecule has 0 atom stereocenters. The smallest absolute Gasteiger partial charge is 0.120 e. The number of benzene rings is 4. The van der Waals surface area contributed by atoms with Crippen molar-refractivity contribution in [2.45, 2.75) is 45.8 Å². The van der Waals surface area contributed by atoms with Gasteiger partial charge in [-0.05, 0) is 104 Å². The SMILES string of the molecule is Cc1c(-c2ccc(N)cc2)n(Cc2ccc(OCCCN3CCCCC3)cc2)c2ccc(OCc3ccccc3)cc12. The minimum atomic E-state index is 0.545. The number of aryl methyl sites for hydroxylation is 1. The summed E-state index contributed by atoms with van der Waals surface area (Å²) in [6, 6.07) is 33.5. The Labute approximate surface area is 249 Å². The number of nitrogen functional groups attached to an aromatic ring is 1. The first kappa shape index (κ1) is 27.9. The molecule has 5 nitrogen and oxygen atoms in total. The average Bonchev–Trinajstić information content (AvgIpc) is 3.30. The van der Waals surface area contributed by atoms with E-state index in [1.807, 2.05) is 30.3 Å². The van der Waals surface area contributed by atoms with Crippen molar-refractivity contribution in [3.63, 3.8) is 0 Å². The monoisotopic (exact) mass is 559 g/mol. The van der Waals surface area contributed by atoms with Crippen molar-refractivity contribution in [2.24, 2.45) is 0 Å². The van der Waals surface area contributed by atoms with Crippen molar-refractivity contribution in [1.82, 2.24) is 9.47 Å². The van der Waals surface area contributed by atoms with Crippen LogP contribution in [0.4, 0.5) is 5.69 Å². The number of rotatable bonds is 11. The van der Waals surface area contributed by atoms with Crippen LogP contribution in [0.1, 0.15) is 42.4 Å². The summed E-state index contributed by atoms with van der Waals surface area (Å²) >= 11 is 0. The number of fused-ring (bicyclic) bond motifs is 1. The fourth-order valence-corrected chi connectivity index (χ4v) is 6.04.